The molecule has 0 aliphatic heterocycles. The van der Waals surface area contributed by atoms with Gasteiger partial charge in [0, 0.05) is 7.05 Å². The molecule has 8 heteroatoms. The summed E-state index contributed by atoms with van der Waals surface area (Å²) in [6.07, 6.45) is -0.686. The molecule has 23 heavy (non-hydrogen) atoms. The van der Waals surface area contributed by atoms with E-state index in [4.69, 9.17) is 5.21 Å². The zero-order valence-corrected chi connectivity index (χ0v) is 14.8. The number of amides is 2. The minimum atomic E-state index is -1.11. The Morgan fingerprint density at radius 2 is 1.74 bits per heavy atom. The van der Waals surface area contributed by atoms with Gasteiger partial charge in [-0.1, -0.05) is 40.3 Å². The summed E-state index contributed by atoms with van der Waals surface area (Å²) in [4.78, 5) is 29.1. The van der Waals surface area contributed by atoms with Gasteiger partial charge in [0.2, 0.25) is 11.8 Å². The molecule has 0 bridgehead atoms. The van der Waals surface area contributed by atoms with Gasteiger partial charge in [-0.2, -0.15) is 0 Å². The molecule has 0 aromatic heterocycles. The van der Waals surface area contributed by atoms with Crippen LogP contribution in [0.2, 0.25) is 0 Å². The fourth-order valence-corrected chi connectivity index (χ4v) is 2.25. The maximum absolute atomic E-state index is 12.6. The van der Waals surface area contributed by atoms with Crippen LogP contribution < -0.4 is 16.3 Å². The molecule has 2 amide bonds. The van der Waals surface area contributed by atoms with Gasteiger partial charge in [0.25, 0.3) is 0 Å². The largest absolute Gasteiger partial charge is 0.390 e. The average molecular weight is 333 g/mol. The Morgan fingerprint density at radius 3 is 2.13 bits per heavy atom. The fraction of sp³-hybridized carbons (Fsp3) is 0.867. The second-order valence-corrected chi connectivity index (χ2v) is 7.13. The summed E-state index contributed by atoms with van der Waals surface area (Å²) >= 11 is 0. The standard InChI is InChI=1S/C15H31N3O5/c1-9(2)7-10(11(19)8-23-18-22)13(20)17-12(14(21)16-6)15(3,4)5/h9-12,18-19,22H,7-8H2,1-6H3,(H,16,21)(H,17,20)/t10-,11?,12-/m1/s1. The molecule has 0 aliphatic carbocycles. The number of hydrogen-bond acceptors (Lipinski definition) is 6. The molecule has 5 N–H and O–H groups in total. The normalized spacial score (nSPS) is 15.9. The maximum Gasteiger partial charge on any atom is 0.242 e. The molecule has 0 saturated carbocycles. The summed E-state index contributed by atoms with van der Waals surface area (Å²) in [5.41, 5.74) is 1.00. The zero-order chi connectivity index (χ0) is 18.2. The smallest absolute Gasteiger partial charge is 0.242 e. The molecule has 0 radical (unpaired) electrons. The quantitative estimate of drug-likeness (QED) is 0.384. The first-order valence-electron chi connectivity index (χ1n) is 7.75. The van der Waals surface area contributed by atoms with Crippen molar-refractivity contribution in [3.05, 3.63) is 0 Å². The monoisotopic (exact) mass is 333 g/mol. The number of carbonyl (C=O) groups is 2. The van der Waals surface area contributed by atoms with Gasteiger partial charge in [0.1, 0.15) is 6.04 Å². The number of rotatable bonds is 9. The number of nitrogens with one attached hydrogen (secondary N) is 3. The van der Waals surface area contributed by atoms with Crippen molar-refractivity contribution in [3.8, 4) is 0 Å². The van der Waals surface area contributed by atoms with E-state index < -0.39 is 29.4 Å². The molecule has 0 fully saturated rings. The van der Waals surface area contributed by atoms with Crippen LogP contribution in [-0.2, 0) is 14.4 Å². The predicted molar refractivity (Wildman–Crippen MR) is 85.3 cm³/mol. The lowest BCUT2D eigenvalue weighted by Crippen LogP contribution is -2.55. The lowest BCUT2D eigenvalue weighted by molar-refractivity contribution is -0.159. The lowest BCUT2D eigenvalue weighted by atomic mass is 9.84. The van der Waals surface area contributed by atoms with Crippen molar-refractivity contribution < 1.29 is 24.7 Å². The van der Waals surface area contributed by atoms with Gasteiger partial charge in [-0.3, -0.25) is 19.6 Å². The van der Waals surface area contributed by atoms with Crippen LogP contribution in [0.5, 0.6) is 0 Å². The molecule has 0 saturated heterocycles. The third-order valence-electron chi connectivity index (χ3n) is 3.51. The number of likely N-dealkylation sites (N-methyl/N-ethyl adjacent to an activating group) is 1. The molecule has 0 rings (SSSR count). The van der Waals surface area contributed by atoms with Gasteiger partial charge in [-0.05, 0) is 17.8 Å². The number of aliphatic hydroxyl groups excluding tert-OH is 1. The maximum atomic E-state index is 12.6. The Hall–Kier alpha value is -1.22. The highest BCUT2D eigenvalue weighted by atomic mass is 16.8. The van der Waals surface area contributed by atoms with Gasteiger partial charge in [0.15, 0.2) is 0 Å². The highest BCUT2D eigenvalue weighted by molar-refractivity contribution is 5.89. The second kappa shape index (κ2) is 9.82. The highest BCUT2D eigenvalue weighted by Crippen LogP contribution is 2.22. The molecule has 1 unspecified atom stereocenters. The van der Waals surface area contributed by atoms with E-state index in [1.54, 1.807) is 0 Å². The summed E-state index contributed by atoms with van der Waals surface area (Å²) in [6, 6.07) is -0.723. The molecular formula is C15H31N3O5. The summed E-state index contributed by atoms with van der Waals surface area (Å²) in [5, 5.41) is 23.8. The second-order valence-electron chi connectivity index (χ2n) is 7.13. The van der Waals surface area contributed by atoms with Gasteiger partial charge >= 0.3 is 0 Å². The summed E-state index contributed by atoms with van der Waals surface area (Å²) < 4.78 is 0. The van der Waals surface area contributed by atoms with E-state index in [-0.39, 0.29) is 18.4 Å². The van der Waals surface area contributed by atoms with Crippen molar-refractivity contribution >= 4 is 11.8 Å². The molecule has 3 atom stereocenters. The van der Waals surface area contributed by atoms with E-state index in [1.165, 1.54) is 12.7 Å². The van der Waals surface area contributed by atoms with Crippen molar-refractivity contribution in [2.45, 2.75) is 53.2 Å². The summed E-state index contributed by atoms with van der Waals surface area (Å²) in [7, 11) is 1.51. The Labute approximate surface area is 137 Å². The van der Waals surface area contributed by atoms with E-state index in [0.29, 0.717) is 6.42 Å². The van der Waals surface area contributed by atoms with Crippen LogP contribution in [-0.4, -0.2) is 47.9 Å². The van der Waals surface area contributed by atoms with Crippen LogP contribution in [0.4, 0.5) is 0 Å². The van der Waals surface area contributed by atoms with E-state index in [0.717, 1.165) is 0 Å². The highest BCUT2D eigenvalue weighted by Gasteiger charge is 2.36. The number of hydrogen-bond donors (Lipinski definition) is 5. The Bertz CT molecular complexity index is 382. The van der Waals surface area contributed by atoms with Crippen LogP contribution in [0.3, 0.4) is 0 Å². The molecule has 0 spiro atoms. The van der Waals surface area contributed by atoms with Crippen LogP contribution >= 0.6 is 0 Å². The van der Waals surface area contributed by atoms with Crippen LogP contribution in [0.1, 0.15) is 41.0 Å². The third kappa shape index (κ3) is 7.74. The van der Waals surface area contributed by atoms with Gasteiger partial charge < -0.3 is 15.7 Å². The van der Waals surface area contributed by atoms with Crippen LogP contribution in [0, 0.1) is 17.3 Å². The molecule has 136 valence electrons. The Balaban J connectivity index is 5.15. The number of aliphatic hydroxyl groups is 1. The summed E-state index contributed by atoms with van der Waals surface area (Å²) in [6.45, 7) is 9.15. The Morgan fingerprint density at radius 1 is 1.17 bits per heavy atom. The van der Waals surface area contributed by atoms with E-state index >= 15 is 0 Å². The zero-order valence-electron chi connectivity index (χ0n) is 14.8. The summed E-state index contributed by atoms with van der Waals surface area (Å²) in [5.74, 6) is -1.30. The van der Waals surface area contributed by atoms with Crippen molar-refractivity contribution in [1.29, 1.82) is 0 Å². The van der Waals surface area contributed by atoms with Crippen LogP contribution in [0.15, 0.2) is 0 Å². The van der Waals surface area contributed by atoms with Gasteiger partial charge in [-0.15, -0.1) is 0 Å². The molecular weight excluding hydrogens is 302 g/mol. The van der Waals surface area contributed by atoms with Gasteiger partial charge in [-0.25, -0.2) is 0 Å². The van der Waals surface area contributed by atoms with E-state index in [9.17, 15) is 14.7 Å². The van der Waals surface area contributed by atoms with E-state index in [2.05, 4.69) is 15.5 Å². The first-order valence-corrected chi connectivity index (χ1v) is 7.75. The average Bonchev–Trinajstić information content (AvgIpc) is 2.45. The molecule has 8 nitrogen and oxygen atoms in total. The fourth-order valence-electron chi connectivity index (χ4n) is 2.25. The predicted octanol–water partition coefficient (Wildman–Crippen LogP) is 0.197. The van der Waals surface area contributed by atoms with Gasteiger partial charge in [0.05, 0.1) is 18.6 Å². The SMILES string of the molecule is CNC(=O)[C@@H](NC(=O)[C@H](CC(C)C)C(O)CONO)C(C)(C)C. The van der Waals surface area contributed by atoms with E-state index in [1.807, 2.05) is 34.6 Å². The lowest BCUT2D eigenvalue weighted by Gasteiger charge is -2.32. The first kappa shape index (κ1) is 21.8. The first-order chi connectivity index (χ1) is 10.5. The molecule has 0 aromatic carbocycles. The van der Waals surface area contributed by atoms with Crippen LogP contribution in [0.25, 0.3) is 0 Å². The molecule has 0 heterocycles. The molecule has 0 aliphatic rings. The minimum Gasteiger partial charge on any atom is -0.390 e. The number of carbonyl (C=O) groups excluding carboxylic acids is 2. The molecule has 0 aromatic rings. The van der Waals surface area contributed by atoms with Crippen molar-refractivity contribution in [2.24, 2.45) is 17.3 Å². The van der Waals surface area contributed by atoms with Crippen molar-refractivity contribution in [1.82, 2.24) is 16.3 Å². The topological polar surface area (TPSA) is 120 Å². The van der Waals surface area contributed by atoms with Crippen molar-refractivity contribution in [2.75, 3.05) is 13.7 Å². The minimum absolute atomic E-state index is 0.163. The van der Waals surface area contributed by atoms with Crippen molar-refractivity contribution in [3.63, 3.8) is 0 Å². The Kier molecular flexibility index (Phi) is 9.29. The third-order valence-corrected chi connectivity index (χ3v) is 3.51.